The first-order valence-electron chi connectivity index (χ1n) is 3.88. The highest BCUT2D eigenvalue weighted by Crippen LogP contribution is 2.18. The van der Waals surface area contributed by atoms with Gasteiger partial charge in [-0.15, -0.1) is 0 Å². The van der Waals surface area contributed by atoms with Crippen molar-refractivity contribution < 1.29 is 0 Å². The highest BCUT2D eigenvalue weighted by molar-refractivity contribution is 6.30. The quantitative estimate of drug-likeness (QED) is 0.691. The summed E-state index contributed by atoms with van der Waals surface area (Å²) in [6, 6.07) is 7.58. The van der Waals surface area contributed by atoms with Crippen LogP contribution in [0.5, 0.6) is 0 Å². The summed E-state index contributed by atoms with van der Waals surface area (Å²) < 4.78 is 0. The summed E-state index contributed by atoms with van der Waals surface area (Å²) in [7, 11) is 0. The smallest absolute Gasteiger partial charge is 0.0717 e. The Hall–Kier alpha value is -1.41. The highest BCUT2D eigenvalue weighted by Gasteiger charge is 1.98. The molecule has 0 amide bonds. The minimum Gasteiger partial charge on any atom is -0.262 e. The van der Waals surface area contributed by atoms with Crippen molar-refractivity contribution in [2.24, 2.45) is 0 Å². The van der Waals surface area contributed by atoms with E-state index in [1.165, 1.54) is 0 Å². The normalized spacial score (nSPS) is 9.92. The SMILES string of the molecule is Clc1cncc(-c2ccccn2)c1. The van der Waals surface area contributed by atoms with E-state index in [1.807, 2.05) is 24.3 Å². The maximum absolute atomic E-state index is 5.80. The number of halogens is 1. The minimum absolute atomic E-state index is 0.628. The summed E-state index contributed by atoms with van der Waals surface area (Å²) >= 11 is 5.80. The zero-order chi connectivity index (χ0) is 9.10. The first-order valence-corrected chi connectivity index (χ1v) is 4.26. The average molecular weight is 191 g/mol. The molecule has 0 aliphatic heterocycles. The van der Waals surface area contributed by atoms with Gasteiger partial charge in [0.15, 0.2) is 0 Å². The topological polar surface area (TPSA) is 25.8 Å². The van der Waals surface area contributed by atoms with Gasteiger partial charge < -0.3 is 0 Å². The Balaban J connectivity index is 2.48. The van der Waals surface area contributed by atoms with Crippen LogP contribution in [0, 0.1) is 0 Å². The maximum atomic E-state index is 5.80. The van der Waals surface area contributed by atoms with Crippen LogP contribution in [0.1, 0.15) is 0 Å². The monoisotopic (exact) mass is 190 g/mol. The predicted octanol–water partition coefficient (Wildman–Crippen LogP) is 2.80. The van der Waals surface area contributed by atoms with Crippen molar-refractivity contribution in [3.05, 3.63) is 47.9 Å². The van der Waals surface area contributed by atoms with Gasteiger partial charge in [-0.25, -0.2) is 0 Å². The van der Waals surface area contributed by atoms with Crippen molar-refractivity contribution in [2.75, 3.05) is 0 Å². The molecule has 0 atom stereocenters. The highest BCUT2D eigenvalue weighted by atomic mass is 35.5. The summed E-state index contributed by atoms with van der Waals surface area (Å²) in [6.45, 7) is 0. The van der Waals surface area contributed by atoms with E-state index in [4.69, 9.17) is 11.6 Å². The molecule has 0 N–H and O–H groups in total. The summed E-state index contributed by atoms with van der Waals surface area (Å²) in [4.78, 5) is 8.18. The Kier molecular flexibility index (Phi) is 2.23. The first kappa shape index (κ1) is 8.20. The molecule has 2 rings (SSSR count). The molecule has 0 fully saturated rings. The molecular formula is C10H7ClN2. The molecular weight excluding hydrogens is 184 g/mol. The van der Waals surface area contributed by atoms with Crippen LogP contribution >= 0.6 is 11.6 Å². The van der Waals surface area contributed by atoms with Crippen LogP contribution < -0.4 is 0 Å². The van der Waals surface area contributed by atoms with E-state index in [9.17, 15) is 0 Å². The van der Waals surface area contributed by atoms with Gasteiger partial charge in [0.2, 0.25) is 0 Å². The lowest BCUT2D eigenvalue weighted by Crippen LogP contribution is -1.82. The first-order chi connectivity index (χ1) is 6.36. The molecule has 2 aromatic heterocycles. The zero-order valence-electron chi connectivity index (χ0n) is 6.81. The van der Waals surface area contributed by atoms with Crippen molar-refractivity contribution in [2.45, 2.75) is 0 Å². The van der Waals surface area contributed by atoms with Crippen LogP contribution in [-0.2, 0) is 0 Å². The van der Waals surface area contributed by atoms with Crippen molar-refractivity contribution in [3.63, 3.8) is 0 Å². The second-order valence-corrected chi connectivity index (χ2v) is 3.04. The standard InChI is InChI=1S/C10H7ClN2/c11-9-5-8(6-12-7-9)10-3-1-2-4-13-10/h1-7H. The molecule has 0 radical (unpaired) electrons. The van der Waals surface area contributed by atoms with Crippen LogP contribution in [0.4, 0.5) is 0 Å². The molecule has 0 aromatic carbocycles. The van der Waals surface area contributed by atoms with Crippen LogP contribution in [0.15, 0.2) is 42.9 Å². The number of nitrogens with zero attached hydrogens (tertiary/aromatic N) is 2. The van der Waals surface area contributed by atoms with Gasteiger partial charge in [0.1, 0.15) is 0 Å². The van der Waals surface area contributed by atoms with Gasteiger partial charge in [0.25, 0.3) is 0 Å². The summed E-state index contributed by atoms with van der Waals surface area (Å²) in [5, 5.41) is 0.628. The van der Waals surface area contributed by atoms with E-state index in [0.717, 1.165) is 11.3 Å². The Morgan fingerprint density at radius 2 is 2.08 bits per heavy atom. The van der Waals surface area contributed by atoms with Gasteiger partial charge in [0.05, 0.1) is 10.7 Å². The number of hydrogen-bond acceptors (Lipinski definition) is 2. The molecule has 3 heteroatoms. The second kappa shape index (κ2) is 3.54. The molecule has 0 saturated heterocycles. The van der Waals surface area contributed by atoms with Crippen molar-refractivity contribution >= 4 is 11.6 Å². The molecule has 0 aliphatic carbocycles. The molecule has 0 spiro atoms. The Bertz CT molecular complexity index is 401. The molecule has 2 heterocycles. The van der Waals surface area contributed by atoms with Gasteiger partial charge in [0, 0.05) is 24.2 Å². The Labute approximate surface area is 81.2 Å². The molecule has 0 bridgehead atoms. The van der Waals surface area contributed by atoms with Crippen LogP contribution in [0.3, 0.4) is 0 Å². The third kappa shape index (κ3) is 1.84. The minimum atomic E-state index is 0.628. The molecule has 13 heavy (non-hydrogen) atoms. The molecule has 0 saturated carbocycles. The maximum Gasteiger partial charge on any atom is 0.0717 e. The zero-order valence-corrected chi connectivity index (χ0v) is 7.57. The molecule has 0 aliphatic rings. The molecule has 0 unspecified atom stereocenters. The van der Waals surface area contributed by atoms with E-state index in [0.29, 0.717) is 5.02 Å². The lowest BCUT2D eigenvalue weighted by Gasteiger charge is -1.98. The van der Waals surface area contributed by atoms with E-state index in [1.54, 1.807) is 18.6 Å². The lowest BCUT2D eigenvalue weighted by atomic mass is 10.2. The van der Waals surface area contributed by atoms with Gasteiger partial charge >= 0.3 is 0 Å². The summed E-state index contributed by atoms with van der Waals surface area (Å²) in [5.41, 5.74) is 1.82. The van der Waals surface area contributed by atoms with Crippen LogP contribution in [-0.4, -0.2) is 9.97 Å². The molecule has 2 nitrogen and oxygen atoms in total. The number of hydrogen-bond donors (Lipinski definition) is 0. The summed E-state index contributed by atoms with van der Waals surface area (Å²) in [5.74, 6) is 0. The molecule has 2 aromatic rings. The fourth-order valence-electron chi connectivity index (χ4n) is 1.09. The number of rotatable bonds is 1. The fourth-order valence-corrected chi connectivity index (χ4v) is 1.26. The number of pyridine rings is 2. The van der Waals surface area contributed by atoms with Crippen LogP contribution in [0.2, 0.25) is 5.02 Å². The third-order valence-electron chi connectivity index (χ3n) is 1.67. The lowest BCUT2D eigenvalue weighted by molar-refractivity contribution is 1.28. The van der Waals surface area contributed by atoms with E-state index < -0.39 is 0 Å². The fraction of sp³-hybridized carbons (Fsp3) is 0. The van der Waals surface area contributed by atoms with Crippen molar-refractivity contribution in [1.29, 1.82) is 0 Å². The van der Waals surface area contributed by atoms with E-state index in [-0.39, 0.29) is 0 Å². The van der Waals surface area contributed by atoms with Gasteiger partial charge in [-0.1, -0.05) is 17.7 Å². The largest absolute Gasteiger partial charge is 0.262 e. The Morgan fingerprint density at radius 3 is 2.77 bits per heavy atom. The van der Waals surface area contributed by atoms with Crippen molar-refractivity contribution in [3.8, 4) is 11.3 Å². The van der Waals surface area contributed by atoms with Crippen LogP contribution in [0.25, 0.3) is 11.3 Å². The average Bonchev–Trinajstić information content (AvgIpc) is 2.19. The van der Waals surface area contributed by atoms with E-state index in [2.05, 4.69) is 9.97 Å². The third-order valence-corrected chi connectivity index (χ3v) is 1.87. The van der Waals surface area contributed by atoms with Gasteiger partial charge in [-0.3, -0.25) is 9.97 Å². The van der Waals surface area contributed by atoms with Gasteiger partial charge in [-0.05, 0) is 18.2 Å². The van der Waals surface area contributed by atoms with Crippen molar-refractivity contribution in [1.82, 2.24) is 9.97 Å². The number of aromatic nitrogens is 2. The van der Waals surface area contributed by atoms with E-state index >= 15 is 0 Å². The Morgan fingerprint density at radius 1 is 1.15 bits per heavy atom. The second-order valence-electron chi connectivity index (χ2n) is 2.61. The summed E-state index contributed by atoms with van der Waals surface area (Å²) in [6.07, 6.45) is 5.10. The molecule has 64 valence electrons. The van der Waals surface area contributed by atoms with Gasteiger partial charge in [-0.2, -0.15) is 0 Å². The predicted molar refractivity (Wildman–Crippen MR) is 52.5 cm³/mol.